The van der Waals surface area contributed by atoms with E-state index >= 15 is 0 Å². The fourth-order valence-electron chi connectivity index (χ4n) is 3.38. The van der Waals surface area contributed by atoms with Gasteiger partial charge >= 0.3 is 0 Å². The van der Waals surface area contributed by atoms with Gasteiger partial charge in [0.05, 0.1) is 13.8 Å². The molecule has 0 aliphatic rings. The zero-order chi connectivity index (χ0) is 16.9. The van der Waals surface area contributed by atoms with Crippen LogP contribution in [0.5, 0.6) is 0 Å². The Labute approximate surface area is 148 Å². The molecule has 120 valence electrons. The van der Waals surface area contributed by atoms with Gasteiger partial charge in [-0.2, -0.15) is 0 Å². The Morgan fingerprint density at radius 3 is 2.38 bits per heavy atom. The first-order valence-corrected chi connectivity index (χ1v) is 12.6. The zero-order valence-corrected chi connectivity index (χ0v) is 16.4. The van der Waals surface area contributed by atoms with Gasteiger partial charge in [-0.3, -0.25) is 4.98 Å². The normalized spacial score (nSPS) is 12.2. The average Bonchev–Trinajstić information content (AvgIpc) is 2.91. The monoisotopic (exact) mass is 347 g/mol. The number of hydrogen-bond donors (Lipinski definition) is 0. The number of rotatable bonds is 2. The molecule has 4 aromatic rings. The van der Waals surface area contributed by atoms with Crippen molar-refractivity contribution >= 4 is 44.8 Å². The van der Waals surface area contributed by atoms with E-state index in [1.54, 1.807) is 0 Å². The topological polar surface area (TPSA) is 12.9 Å². The summed E-state index contributed by atoms with van der Waals surface area (Å²) >= 11 is 1.86. The number of aryl methyl sites for hydroxylation is 1. The Kier molecular flexibility index (Phi) is 3.59. The molecular formula is C21H21NSSi. The molecule has 0 N–H and O–H groups in total. The highest BCUT2D eigenvalue weighted by molar-refractivity contribution is 7.25. The van der Waals surface area contributed by atoms with Crippen LogP contribution < -0.4 is 5.19 Å². The number of benzene rings is 2. The van der Waals surface area contributed by atoms with E-state index in [0.29, 0.717) is 0 Å². The van der Waals surface area contributed by atoms with E-state index in [9.17, 15) is 0 Å². The van der Waals surface area contributed by atoms with Crippen molar-refractivity contribution in [3.63, 3.8) is 0 Å². The quantitative estimate of drug-likeness (QED) is 0.407. The molecule has 0 unspecified atom stereocenters. The van der Waals surface area contributed by atoms with Gasteiger partial charge in [0.15, 0.2) is 0 Å². The predicted molar refractivity (Wildman–Crippen MR) is 110 cm³/mol. The molecule has 0 bridgehead atoms. The molecule has 0 amide bonds. The second-order valence-corrected chi connectivity index (χ2v) is 13.6. The van der Waals surface area contributed by atoms with Gasteiger partial charge in [0.1, 0.15) is 0 Å². The third-order valence-corrected chi connectivity index (χ3v) is 7.88. The third kappa shape index (κ3) is 2.58. The summed E-state index contributed by atoms with van der Waals surface area (Å²) < 4.78 is 2.69. The van der Waals surface area contributed by atoms with Crippen LogP contribution >= 0.6 is 11.3 Å². The van der Waals surface area contributed by atoms with Crippen molar-refractivity contribution in [2.24, 2.45) is 0 Å². The van der Waals surface area contributed by atoms with E-state index in [2.05, 4.69) is 81.3 Å². The molecule has 0 saturated heterocycles. The summed E-state index contributed by atoms with van der Waals surface area (Å²) in [4.78, 5) is 4.79. The predicted octanol–water partition coefficient (Wildman–Crippen LogP) is 5.97. The average molecular weight is 348 g/mol. The highest BCUT2D eigenvalue weighted by atomic mass is 32.1. The SMILES string of the molecule is Cc1cc(-c2ccc3sc4ccccc4c3c2)ncc1[Si](C)(C)C. The second-order valence-electron chi connectivity index (χ2n) is 7.44. The van der Waals surface area contributed by atoms with Gasteiger partial charge in [-0.05, 0) is 41.9 Å². The van der Waals surface area contributed by atoms with Gasteiger partial charge in [0, 0.05) is 31.9 Å². The number of thiophene rings is 1. The molecule has 0 radical (unpaired) electrons. The first kappa shape index (κ1) is 15.5. The summed E-state index contributed by atoms with van der Waals surface area (Å²) in [6.45, 7) is 9.35. The Morgan fingerprint density at radius 1 is 0.875 bits per heavy atom. The lowest BCUT2D eigenvalue weighted by Crippen LogP contribution is -2.39. The summed E-state index contributed by atoms with van der Waals surface area (Å²) in [5, 5.41) is 4.13. The van der Waals surface area contributed by atoms with Gasteiger partial charge in [0.25, 0.3) is 0 Å². The molecule has 2 aromatic carbocycles. The number of nitrogens with zero attached hydrogens (tertiary/aromatic N) is 1. The molecule has 2 heterocycles. The maximum absolute atomic E-state index is 4.79. The van der Waals surface area contributed by atoms with E-state index in [4.69, 9.17) is 4.98 Å². The number of fused-ring (bicyclic) bond motifs is 3. The van der Waals surface area contributed by atoms with Crippen LogP contribution in [0.15, 0.2) is 54.7 Å². The second kappa shape index (κ2) is 5.54. The molecule has 0 atom stereocenters. The number of pyridine rings is 1. The lowest BCUT2D eigenvalue weighted by Gasteiger charge is -2.19. The highest BCUT2D eigenvalue weighted by Gasteiger charge is 2.19. The maximum atomic E-state index is 4.79. The highest BCUT2D eigenvalue weighted by Crippen LogP contribution is 2.35. The molecule has 0 aliphatic carbocycles. The fourth-order valence-corrected chi connectivity index (χ4v) is 6.18. The largest absolute Gasteiger partial charge is 0.256 e. The van der Waals surface area contributed by atoms with Crippen molar-refractivity contribution in [1.82, 2.24) is 4.98 Å². The molecule has 4 rings (SSSR count). The van der Waals surface area contributed by atoms with Crippen LogP contribution in [-0.2, 0) is 0 Å². The fraction of sp³-hybridized carbons (Fsp3) is 0.190. The van der Waals surface area contributed by atoms with Crippen LogP contribution in [0.3, 0.4) is 0 Å². The van der Waals surface area contributed by atoms with Crippen LogP contribution in [0.25, 0.3) is 31.4 Å². The Hall–Kier alpha value is -1.97. The molecule has 0 fully saturated rings. The molecule has 3 heteroatoms. The minimum absolute atomic E-state index is 1.08. The molecule has 0 aliphatic heterocycles. The Morgan fingerprint density at radius 2 is 1.62 bits per heavy atom. The number of hydrogen-bond acceptors (Lipinski definition) is 2. The van der Waals surface area contributed by atoms with E-state index in [1.807, 2.05) is 11.3 Å². The van der Waals surface area contributed by atoms with Crippen molar-refractivity contribution in [3.8, 4) is 11.3 Å². The lowest BCUT2D eigenvalue weighted by atomic mass is 10.1. The van der Waals surface area contributed by atoms with E-state index in [-0.39, 0.29) is 0 Å². The van der Waals surface area contributed by atoms with Crippen LogP contribution in [0, 0.1) is 6.92 Å². The van der Waals surface area contributed by atoms with Crippen LogP contribution in [-0.4, -0.2) is 13.1 Å². The first-order valence-electron chi connectivity index (χ1n) is 8.32. The van der Waals surface area contributed by atoms with Gasteiger partial charge in [0.2, 0.25) is 0 Å². The van der Waals surface area contributed by atoms with Gasteiger partial charge in [-0.15, -0.1) is 11.3 Å². The maximum Gasteiger partial charge on any atom is 0.0799 e. The van der Waals surface area contributed by atoms with Crippen molar-refractivity contribution in [3.05, 3.63) is 60.3 Å². The van der Waals surface area contributed by atoms with Gasteiger partial charge in [-0.25, -0.2) is 0 Å². The van der Waals surface area contributed by atoms with Gasteiger partial charge in [-0.1, -0.05) is 43.9 Å². The first-order chi connectivity index (χ1) is 11.4. The van der Waals surface area contributed by atoms with Gasteiger partial charge < -0.3 is 0 Å². The van der Waals surface area contributed by atoms with E-state index in [1.165, 1.54) is 36.5 Å². The van der Waals surface area contributed by atoms with Crippen molar-refractivity contribution in [2.75, 3.05) is 0 Å². The standard InChI is InChI=1S/C21H21NSSi/c1-14-11-18(22-13-21(14)24(2,3)4)15-9-10-20-17(12-15)16-7-5-6-8-19(16)23-20/h5-13H,1-4H3. The van der Waals surface area contributed by atoms with E-state index in [0.717, 1.165) is 5.69 Å². The molecule has 24 heavy (non-hydrogen) atoms. The van der Waals surface area contributed by atoms with Crippen molar-refractivity contribution in [2.45, 2.75) is 26.6 Å². The molecule has 1 nitrogen and oxygen atoms in total. The summed E-state index contributed by atoms with van der Waals surface area (Å²) in [6.07, 6.45) is 2.10. The smallest absolute Gasteiger partial charge is 0.0799 e. The zero-order valence-electron chi connectivity index (χ0n) is 14.6. The molecule has 0 saturated carbocycles. The van der Waals surface area contributed by atoms with Crippen LogP contribution in [0.2, 0.25) is 19.6 Å². The van der Waals surface area contributed by atoms with Crippen LogP contribution in [0.4, 0.5) is 0 Å². The summed E-state index contributed by atoms with van der Waals surface area (Å²) in [5.41, 5.74) is 3.65. The third-order valence-electron chi connectivity index (χ3n) is 4.59. The minimum Gasteiger partial charge on any atom is -0.256 e. The molecule has 0 spiro atoms. The van der Waals surface area contributed by atoms with E-state index < -0.39 is 8.07 Å². The molecule has 2 aromatic heterocycles. The molecular weight excluding hydrogens is 326 g/mol. The number of aromatic nitrogens is 1. The lowest BCUT2D eigenvalue weighted by molar-refractivity contribution is 1.30. The minimum atomic E-state index is -1.33. The van der Waals surface area contributed by atoms with Crippen molar-refractivity contribution in [1.29, 1.82) is 0 Å². The summed E-state index contributed by atoms with van der Waals surface area (Å²) in [7, 11) is -1.33. The Balaban J connectivity index is 1.87. The summed E-state index contributed by atoms with van der Waals surface area (Å²) in [5.74, 6) is 0. The Bertz CT molecular complexity index is 1060. The van der Waals surface area contributed by atoms with Crippen LogP contribution in [0.1, 0.15) is 5.56 Å². The summed E-state index contributed by atoms with van der Waals surface area (Å²) in [6, 6.07) is 17.6. The van der Waals surface area contributed by atoms with Crippen molar-refractivity contribution < 1.29 is 0 Å².